The van der Waals surface area contributed by atoms with E-state index in [0.717, 1.165) is 16.9 Å². The maximum Gasteiger partial charge on any atom is 0.255 e. The minimum atomic E-state index is -0.456. The third kappa shape index (κ3) is 3.18. The molecule has 0 bridgehead atoms. The molecule has 3 aromatic rings. The first-order chi connectivity index (χ1) is 11.7. The summed E-state index contributed by atoms with van der Waals surface area (Å²) in [7, 11) is 0. The lowest BCUT2D eigenvalue weighted by Crippen LogP contribution is -2.31. The van der Waals surface area contributed by atoms with Gasteiger partial charge in [-0.15, -0.1) is 0 Å². The van der Waals surface area contributed by atoms with Gasteiger partial charge in [-0.2, -0.15) is 5.10 Å². The number of carbonyl (C=O) groups excluding carboxylic acids is 1. The highest BCUT2D eigenvalue weighted by Gasteiger charge is 2.19. The highest BCUT2D eigenvalue weighted by molar-refractivity contribution is 5.95. The van der Waals surface area contributed by atoms with Crippen molar-refractivity contribution >= 4 is 5.91 Å². The monoisotopic (exact) mass is 322 g/mol. The molecule has 122 valence electrons. The van der Waals surface area contributed by atoms with Gasteiger partial charge in [-0.3, -0.25) is 9.78 Å². The van der Waals surface area contributed by atoms with Crippen LogP contribution in [0.2, 0.25) is 0 Å². The zero-order chi connectivity index (χ0) is 16.9. The molecule has 2 aromatic heterocycles. The number of benzene rings is 1. The number of nitrogens with zero attached hydrogens (tertiary/aromatic N) is 3. The number of pyridine rings is 1. The molecule has 6 heteroatoms. The molecule has 0 radical (unpaired) electrons. The van der Waals surface area contributed by atoms with Gasteiger partial charge in [0.05, 0.1) is 35.8 Å². The van der Waals surface area contributed by atoms with E-state index in [1.807, 2.05) is 49.4 Å². The molecule has 0 aliphatic carbocycles. The van der Waals surface area contributed by atoms with Crippen LogP contribution in [-0.4, -0.2) is 32.4 Å². The number of carbonyl (C=O) groups is 1. The highest BCUT2D eigenvalue weighted by Crippen LogP contribution is 2.16. The molecule has 1 atom stereocenters. The summed E-state index contributed by atoms with van der Waals surface area (Å²) in [6.07, 6.45) is 4.88. The first-order valence-electron chi connectivity index (χ1n) is 7.62. The number of aliphatic hydroxyl groups excluding tert-OH is 1. The van der Waals surface area contributed by atoms with Gasteiger partial charge in [0.15, 0.2) is 0 Å². The normalized spacial score (nSPS) is 11.9. The first kappa shape index (κ1) is 15.9. The Labute approximate surface area is 139 Å². The van der Waals surface area contributed by atoms with Crippen LogP contribution in [0.3, 0.4) is 0 Å². The third-order valence-electron chi connectivity index (χ3n) is 3.85. The Morgan fingerprint density at radius 3 is 2.58 bits per heavy atom. The summed E-state index contributed by atoms with van der Waals surface area (Å²) in [5.74, 6) is -0.268. The Kier molecular flexibility index (Phi) is 4.67. The molecule has 1 aromatic carbocycles. The van der Waals surface area contributed by atoms with E-state index in [2.05, 4.69) is 15.4 Å². The van der Waals surface area contributed by atoms with Gasteiger partial charge in [0.1, 0.15) is 0 Å². The van der Waals surface area contributed by atoms with E-state index in [1.54, 1.807) is 17.1 Å². The first-order valence-corrected chi connectivity index (χ1v) is 7.62. The second-order valence-corrected chi connectivity index (χ2v) is 5.38. The SMILES string of the molecule is Cc1c(C(=O)NC(CO)c2ccccc2)cnn1-c1ccncc1. The minimum Gasteiger partial charge on any atom is -0.394 e. The maximum atomic E-state index is 12.6. The molecule has 0 saturated heterocycles. The number of amides is 1. The van der Waals surface area contributed by atoms with Crippen LogP contribution in [0.4, 0.5) is 0 Å². The fraction of sp³-hybridized carbons (Fsp3) is 0.167. The molecule has 0 fully saturated rings. The highest BCUT2D eigenvalue weighted by atomic mass is 16.3. The molecular formula is C18H18N4O2. The lowest BCUT2D eigenvalue weighted by atomic mass is 10.1. The van der Waals surface area contributed by atoms with Crippen LogP contribution in [0.1, 0.15) is 27.7 Å². The van der Waals surface area contributed by atoms with E-state index in [9.17, 15) is 9.90 Å². The third-order valence-corrected chi connectivity index (χ3v) is 3.85. The molecule has 0 saturated carbocycles. The van der Waals surface area contributed by atoms with Crippen molar-refractivity contribution in [3.8, 4) is 5.69 Å². The van der Waals surface area contributed by atoms with Crippen molar-refractivity contribution in [3.63, 3.8) is 0 Å². The molecule has 0 spiro atoms. The van der Waals surface area contributed by atoms with Crippen molar-refractivity contribution in [1.29, 1.82) is 0 Å². The van der Waals surface area contributed by atoms with Crippen LogP contribution in [0.5, 0.6) is 0 Å². The maximum absolute atomic E-state index is 12.6. The van der Waals surface area contributed by atoms with E-state index < -0.39 is 6.04 Å². The summed E-state index contributed by atoms with van der Waals surface area (Å²) >= 11 is 0. The summed E-state index contributed by atoms with van der Waals surface area (Å²) in [5, 5.41) is 16.7. The van der Waals surface area contributed by atoms with Gasteiger partial charge in [-0.25, -0.2) is 4.68 Å². The van der Waals surface area contributed by atoms with E-state index >= 15 is 0 Å². The largest absolute Gasteiger partial charge is 0.394 e. The fourth-order valence-corrected chi connectivity index (χ4v) is 2.53. The Balaban J connectivity index is 1.82. The fourth-order valence-electron chi connectivity index (χ4n) is 2.53. The van der Waals surface area contributed by atoms with Crippen molar-refractivity contribution in [2.45, 2.75) is 13.0 Å². The second-order valence-electron chi connectivity index (χ2n) is 5.38. The topological polar surface area (TPSA) is 80.0 Å². The molecule has 1 amide bonds. The Hall–Kier alpha value is -2.99. The average Bonchev–Trinajstić information content (AvgIpc) is 3.02. The van der Waals surface area contributed by atoms with E-state index in [-0.39, 0.29) is 12.5 Å². The molecule has 1 unspecified atom stereocenters. The van der Waals surface area contributed by atoms with Crippen molar-refractivity contribution < 1.29 is 9.90 Å². The van der Waals surface area contributed by atoms with Gasteiger partial charge in [0, 0.05) is 12.4 Å². The number of aliphatic hydroxyl groups is 1. The number of aromatic nitrogens is 3. The summed E-state index contributed by atoms with van der Waals surface area (Å²) in [6, 6.07) is 12.6. The van der Waals surface area contributed by atoms with Crippen molar-refractivity contribution in [1.82, 2.24) is 20.1 Å². The van der Waals surface area contributed by atoms with Crippen LogP contribution in [0.15, 0.2) is 61.1 Å². The molecule has 0 aliphatic rings. The lowest BCUT2D eigenvalue weighted by Gasteiger charge is -2.16. The van der Waals surface area contributed by atoms with Crippen LogP contribution in [0, 0.1) is 6.92 Å². The predicted molar refractivity (Wildman–Crippen MR) is 89.8 cm³/mol. The Morgan fingerprint density at radius 2 is 1.92 bits per heavy atom. The number of hydrogen-bond acceptors (Lipinski definition) is 4. The molecule has 3 rings (SSSR count). The predicted octanol–water partition coefficient (Wildman–Crippen LogP) is 2.04. The standard InChI is InChI=1S/C18H18N4O2/c1-13-16(11-20-22(13)15-7-9-19-10-8-15)18(24)21-17(12-23)14-5-3-2-4-6-14/h2-11,17,23H,12H2,1H3,(H,21,24). The minimum absolute atomic E-state index is 0.173. The van der Waals surface area contributed by atoms with Crippen LogP contribution in [0.25, 0.3) is 5.69 Å². The van der Waals surface area contributed by atoms with Gasteiger partial charge in [0.25, 0.3) is 5.91 Å². The summed E-state index contributed by atoms with van der Waals surface area (Å²) < 4.78 is 1.69. The van der Waals surface area contributed by atoms with Crippen LogP contribution < -0.4 is 5.32 Å². The zero-order valence-electron chi connectivity index (χ0n) is 13.3. The van der Waals surface area contributed by atoms with Gasteiger partial charge in [0.2, 0.25) is 0 Å². The molecule has 2 heterocycles. The Morgan fingerprint density at radius 1 is 1.21 bits per heavy atom. The van der Waals surface area contributed by atoms with Crippen molar-refractivity contribution in [3.05, 3.63) is 77.9 Å². The quantitative estimate of drug-likeness (QED) is 0.753. The molecule has 2 N–H and O–H groups in total. The Bertz CT molecular complexity index is 816. The van der Waals surface area contributed by atoms with Crippen LogP contribution >= 0.6 is 0 Å². The average molecular weight is 322 g/mol. The molecular weight excluding hydrogens is 304 g/mol. The number of rotatable bonds is 5. The van der Waals surface area contributed by atoms with Crippen molar-refractivity contribution in [2.75, 3.05) is 6.61 Å². The van der Waals surface area contributed by atoms with Gasteiger partial charge in [-0.05, 0) is 24.6 Å². The summed E-state index contributed by atoms with van der Waals surface area (Å²) in [4.78, 5) is 16.5. The number of hydrogen-bond donors (Lipinski definition) is 2. The number of nitrogens with one attached hydrogen (secondary N) is 1. The van der Waals surface area contributed by atoms with E-state index in [0.29, 0.717) is 5.56 Å². The van der Waals surface area contributed by atoms with Gasteiger partial charge >= 0.3 is 0 Å². The molecule has 0 aliphatic heterocycles. The second kappa shape index (κ2) is 7.06. The zero-order valence-corrected chi connectivity index (χ0v) is 13.3. The molecule has 24 heavy (non-hydrogen) atoms. The summed E-state index contributed by atoms with van der Waals surface area (Å²) in [6.45, 7) is 1.66. The van der Waals surface area contributed by atoms with Crippen molar-refractivity contribution in [2.24, 2.45) is 0 Å². The van der Waals surface area contributed by atoms with Gasteiger partial charge < -0.3 is 10.4 Å². The van der Waals surface area contributed by atoms with E-state index in [1.165, 1.54) is 6.20 Å². The molecule has 6 nitrogen and oxygen atoms in total. The van der Waals surface area contributed by atoms with Gasteiger partial charge in [-0.1, -0.05) is 30.3 Å². The lowest BCUT2D eigenvalue weighted by molar-refractivity contribution is 0.0915. The summed E-state index contributed by atoms with van der Waals surface area (Å²) in [5.41, 5.74) is 2.89. The smallest absolute Gasteiger partial charge is 0.255 e. The van der Waals surface area contributed by atoms with Crippen LogP contribution in [-0.2, 0) is 0 Å². The van der Waals surface area contributed by atoms with E-state index in [4.69, 9.17) is 0 Å².